The number of hydrogen-bond acceptors (Lipinski definition) is 0. The van der Waals surface area contributed by atoms with Gasteiger partial charge in [-0.1, -0.05) is 0 Å². The monoisotopic (exact) mass is 250 g/mol. The van der Waals surface area contributed by atoms with Gasteiger partial charge in [0.15, 0.2) is 0 Å². The van der Waals surface area contributed by atoms with Crippen LogP contribution in [0.15, 0.2) is 0 Å². The largest absolute Gasteiger partial charge is 3.00 e. The molecule has 0 aliphatic heterocycles. The van der Waals surface area contributed by atoms with Gasteiger partial charge in [0, 0.05) is 0 Å². The summed E-state index contributed by atoms with van der Waals surface area (Å²) in [4.78, 5) is 0. The minimum atomic E-state index is 0. The first-order valence-corrected chi connectivity index (χ1v) is 0. The van der Waals surface area contributed by atoms with E-state index in [9.17, 15) is 0 Å². The molecule has 0 aromatic carbocycles. The van der Waals surface area contributed by atoms with Crippen molar-refractivity contribution in [1.29, 1.82) is 0 Å². The van der Waals surface area contributed by atoms with E-state index in [-0.39, 0.29) is 121 Å². The van der Waals surface area contributed by atoms with Crippen molar-refractivity contribution < 1.29 is 40.6 Å². The second-order valence-corrected chi connectivity index (χ2v) is 0. The maximum atomic E-state index is 0. The molecule has 0 aliphatic carbocycles. The fourth-order valence-electron chi connectivity index (χ4n) is 0. The van der Waals surface area contributed by atoms with Crippen molar-refractivity contribution in [3.63, 3.8) is 0 Å². The zero-order chi connectivity index (χ0) is 0. The minimum Gasteiger partial charge on any atom is -2.00 e. The van der Waals surface area contributed by atoms with E-state index >= 15 is 0 Å². The molecule has 7 heteroatoms. The quantitative estimate of drug-likeness (QED) is 0.376. The maximum absolute atomic E-state index is 0. The predicted octanol–water partition coefficient (Wildman–Crippen LogP) is -6.54. The molecule has 0 saturated carbocycles. The number of hydrogen-bond donors (Lipinski definition) is 0. The molecule has 0 aromatic heterocycles. The van der Waals surface area contributed by atoms with E-state index in [1.165, 1.54) is 0 Å². The van der Waals surface area contributed by atoms with E-state index in [1.807, 2.05) is 0 Å². The zero-order valence-electron chi connectivity index (χ0n) is 6.38. The first-order chi connectivity index (χ1) is 0. The third-order valence-corrected chi connectivity index (χ3v) is 0. The van der Waals surface area contributed by atoms with E-state index in [4.69, 9.17) is 0 Å². The molecule has 0 bridgehead atoms. The Morgan fingerprint density at radius 2 is 0.571 bits per heavy atom. The molecule has 0 atom stereocenters. The normalized spacial score (nSPS) is 0. The van der Waals surface area contributed by atoms with Crippen molar-refractivity contribution in [1.82, 2.24) is 0 Å². The Morgan fingerprint density at radius 3 is 0.571 bits per heavy atom. The van der Waals surface area contributed by atoms with Gasteiger partial charge < -0.3 is 43.3 Å². The summed E-state index contributed by atoms with van der Waals surface area (Å²) in [5.74, 6) is 0. The topological polar surface area (TPSA) is 0 Å². The average molecular weight is 252 g/mol. The Morgan fingerprint density at radius 1 is 0.571 bits per heavy atom. The van der Waals surface area contributed by atoms with Gasteiger partial charge in [0.1, 0.15) is 0 Å². The van der Waals surface area contributed by atoms with Crippen LogP contribution in [0.1, 0.15) is 2.85 Å². The minimum absolute atomic E-state index is 0. The van der Waals surface area contributed by atoms with Crippen molar-refractivity contribution in [2.75, 3.05) is 0 Å². The first kappa shape index (κ1) is 77.0. The predicted molar refractivity (Wildman–Crippen MR) is 35.8 cm³/mol. The first-order valence-electron chi connectivity index (χ1n) is 0. The molecule has 7 heavy (non-hydrogen) atoms. The van der Waals surface area contributed by atoms with Crippen molar-refractivity contribution in [3.05, 3.63) is 0 Å². The van der Waals surface area contributed by atoms with Gasteiger partial charge in [-0.3, -0.25) is 0 Å². The Labute approximate surface area is 119 Å². The van der Waals surface area contributed by atoms with Crippen molar-refractivity contribution >= 4 is 80.1 Å². The molecule has 0 rings (SSSR count). The Hall–Kier alpha value is 3.52. The van der Waals surface area contributed by atoms with Crippen LogP contribution in [-0.2, 0) is 40.5 Å². The molecule has 0 radical (unpaired) electrons. The second-order valence-electron chi connectivity index (χ2n) is 0. The van der Waals surface area contributed by atoms with Crippen molar-refractivity contribution in [3.8, 4) is 0 Å². The van der Waals surface area contributed by atoms with Gasteiger partial charge in [-0.05, 0) is 0 Å². The van der Waals surface area contributed by atoms with Crippen LogP contribution in [0.25, 0.3) is 0 Å². The summed E-state index contributed by atoms with van der Waals surface area (Å²) in [7, 11) is 0. The van der Waals surface area contributed by atoms with Crippen LogP contribution in [0, 0.1) is 0 Å². The van der Waals surface area contributed by atoms with Gasteiger partial charge in [-0.25, -0.2) is 0 Å². The molecule has 0 unspecified atom stereocenters. The molecule has 0 aliphatic rings. The average Bonchev–Trinajstić information content (AvgIpc) is 0. The molecule has 0 nitrogen and oxygen atoms in total. The van der Waals surface area contributed by atoms with Crippen LogP contribution in [0.2, 0.25) is 0 Å². The molecular weight excluding hydrogens is 250 g/mol. The van der Waals surface area contributed by atoms with Gasteiger partial charge >= 0.3 is 77.3 Å². The molecule has 0 heterocycles. The molecule has 0 amide bonds. The third kappa shape index (κ3) is 43.5. The van der Waals surface area contributed by atoms with Crippen LogP contribution < -0.4 is 37.7 Å². The van der Waals surface area contributed by atoms with E-state index in [2.05, 4.69) is 0 Å². The van der Waals surface area contributed by atoms with Crippen LogP contribution in [0.3, 0.4) is 0 Å². The summed E-state index contributed by atoms with van der Waals surface area (Å²) in [5.41, 5.74) is 0. The van der Waals surface area contributed by atoms with Gasteiger partial charge in [0.05, 0.1) is 0 Å². The summed E-state index contributed by atoms with van der Waals surface area (Å²) >= 11 is 0. The van der Waals surface area contributed by atoms with Gasteiger partial charge in [0.2, 0.25) is 0 Å². The molecular formula is H2Ga2Li2S3. The summed E-state index contributed by atoms with van der Waals surface area (Å²) in [6.07, 6.45) is 0. The SMILES string of the molecule is [Ga+3].[Ga+3].[H-].[H-].[Li+].[Li+].[S-2].[S-2].[S-2]. The van der Waals surface area contributed by atoms with Crippen LogP contribution in [0.4, 0.5) is 0 Å². The second kappa shape index (κ2) is 55.8. The van der Waals surface area contributed by atoms with E-state index in [1.54, 1.807) is 0 Å². The fraction of sp³-hybridized carbons (Fsp3) is 0. The Balaban J connectivity index is 0. The molecule has 0 aromatic rings. The third-order valence-electron chi connectivity index (χ3n) is 0. The van der Waals surface area contributed by atoms with E-state index in [0.29, 0.717) is 0 Å². The van der Waals surface area contributed by atoms with Crippen LogP contribution in [0.5, 0.6) is 0 Å². The van der Waals surface area contributed by atoms with E-state index < -0.39 is 0 Å². The fourth-order valence-corrected chi connectivity index (χ4v) is 0. The van der Waals surface area contributed by atoms with Crippen molar-refractivity contribution in [2.24, 2.45) is 0 Å². The Kier molecular flexibility index (Phi) is 614. The Bertz CT molecular complexity index is 17.8. The standard InChI is InChI=1S/2Ga.2Li.3S.2H/q2*+3;2*+1;3*-2;2*-1. The van der Waals surface area contributed by atoms with Crippen molar-refractivity contribution in [2.45, 2.75) is 0 Å². The van der Waals surface area contributed by atoms with Gasteiger partial charge in [0.25, 0.3) is 0 Å². The van der Waals surface area contributed by atoms with E-state index in [0.717, 1.165) is 0 Å². The molecule has 0 fully saturated rings. The molecule has 0 spiro atoms. The summed E-state index contributed by atoms with van der Waals surface area (Å²) in [6.45, 7) is 0. The summed E-state index contributed by atoms with van der Waals surface area (Å²) < 4.78 is 0. The summed E-state index contributed by atoms with van der Waals surface area (Å²) in [5, 5.41) is 0. The smallest absolute Gasteiger partial charge is 2.00 e. The number of rotatable bonds is 0. The molecule has 0 saturated heterocycles. The van der Waals surface area contributed by atoms with Crippen LogP contribution >= 0.6 is 0 Å². The zero-order valence-corrected chi connectivity index (χ0v) is 11.7. The molecule has 28 valence electrons. The van der Waals surface area contributed by atoms with Gasteiger partial charge in [-0.15, -0.1) is 0 Å². The van der Waals surface area contributed by atoms with Gasteiger partial charge in [-0.2, -0.15) is 0 Å². The molecule has 0 N–H and O–H groups in total. The van der Waals surface area contributed by atoms with Crippen LogP contribution in [-0.4, -0.2) is 39.6 Å². The summed E-state index contributed by atoms with van der Waals surface area (Å²) in [6, 6.07) is 0. The maximum Gasteiger partial charge on any atom is 3.00 e.